The summed E-state index contributed by atoms with van der Waals surface area (Å²) in [6.45, 7) is 5.45. The van der Waals surface area contributed by atoms with Gasteiger partial charge in [0.1, 0.15) is 5.82 Å². The van der Waals surface area contributed by atoms with Gasteiger partial charge in [0, 0.05) is 28.5 Å². The summed E-state index contributed by atoms with van der Waals surface area (Å²) >= 11 is 6.34. The molecule has 0 saturated carbocycles. The highest BCUT2D eigenvalue weighted by molar-refractivity contribution is 6.32. The van der Waals surface area contributed by atoms with Crippen LogP contribution in [0.15, 0.2) is 89.8 Å². The zero-order chi connectivity index (χ0) is 28.4. The number of rotatable bonds is 7. The van der Waals surface area contributed by atoms with Crippen LogP contribution in [0.4, 0.5) is 0 Å². The van der Waals surface area contributed by atoms with E-state index in [-0.39, 0.29) is 17.8 Å². The summed E-state index contributed by atoms with van der Waals surface area (Å²) in [7, 11) is 0. The van der Waals surface area contributed by atoms with Crippen molar-refractivity contribution in [1.29, 1.82) is 0 Å². The maximum Gasteiger partial charge on any atom is 0.337 e. The maximum atomic E-state index is 13.4. The fourth-order valence-corrected chi connectivity index (χ4v) is 5.15. The molecule has 1 aliphatic heterocycles. The average Bonchev–Trinajstić information content (AvgIpc) is 3.27. The molecule has 0 radical (unpaired) electrons. The normalized spacial score (nSPS) is 15.6. The highest BCUT2D eigenvalue weighted by Gasteiger charge is 2.36. The second-order valence-corrected chi connectivity index (χ2v) is 9.63. The molecule has 2 N–H and O–H groups in total. The molecular weight excluding hydrogens is 528 g/mol. The van der Waals surface area contributed by atoms with Crippen LogP contribution in [0, 0.1) is 12.8 Å². The quantitative estimate of drug-likeness (QED) is 0.272. The van der Waals surface area contributed by atoms with Crippen LogP contribution >= 0.6 is 11.6 Å². The van der Waals surface area contributed by atoms with Gasteiger partial charge < -0.3 is 15.2 Å². The van der Waals surface area contributed by atoms with Crippen LogP contribution in [-0.4, -0.2) is 38.2 Å². The van der Waals surface area contributed by atoms with E-state index in [9.17, 15) is 14.7 Å². The Morgan fingerprint density at radius 2 is 1.82 bits per heavy atom. The van der Waals surface area contributed by atoms with Crippen LogP contribution < -0.4 is 5.32 Å². The van der Waals surface area contributed by atoms with Crippen molar-refractivity contribution in [2.45, 2.75) is 20.8 Å². The van der Waals surface area contributed by atoms with Crippen LogP contribution in [-0.2, 0) is 14.3 Å². The molecule has 3 heterocycles. The van der Waals surface area contributed by atoms with E-state index in [4.69, 9.17) is 16.3 Å². The van der Waals surface area contributed by atoms with Crippen molar-refractivity contribution in [2.75, 3.05) is 6.61 Å². The summed E-state index contributed by atoms with van der Waals surface area (Å²) in [4.78, 5) is 34.7. The van der Waals surface area contributed by atoms with Gasteiger partial charge in [-0.15, -0.1) is 0 Å². The van der Waals surface area contributed by atoms with E-state index in [1.807, 2.05) is 66.1 Å². The van der Waals surface area contributed by atoms with E-state index in [1.54, 1.807) is 38.3 Å². The third kappa shape index (κ3) is 5.01. The molecule has 1 aliphatic rings. The van der Waals surface area contributed by atoms with Gasteiger partial charge in [-0.05, 0) is 62.2 Å². The van der Waals surface area contributed by atoms with Gasteiger partial charge in [-0.2, -0.15) is 0 Å². The zero-order valence-electron chi connectivity index (χ0n) is 22.2. The number of allylic oxidation sites excluding steroid dienone is 2. The first kappa shape index (κ1) is 26.9. The summed E-state index contributed by atoms with van der Waals surface area (Å²) < 4.78 is 7.42. The third-order valence-electron chi connectivity index (χ3n) is 6.72. The lowest BCUT2D eigenvalue weighted by Crippen LogP contribution is -2.32. The van der Waals surface area contributed by atoms with Gasteiger partial charge in [0.25, 0.3) is 0 Å². The number of esters is 1. The number of hydrogen-bond donors (Lipinski definition) is 2. The zero-order valence-corrected chi connectivity index (χ0v) is 22.9. The van der Waals surface area contributed by atoms with Crippen LogP contribution in [0.2, 0.25) is 5.02 Å². The number of pyridine rings is 1. The van der Waals surface area contributed by atoms with Crippen LogP contribution in [0.1, 0.15) is 30.8 Å². The molecule has 5 rings (SSSR count). The third-order valence-corrected chi connectivity index (χ3v) is 7.06. The molecule has 0 fully saturated rings. The summed E-state index contributed by atoms with van der Waals surface area (Å²) in [6.07, 6.45) is 5.12. The largest absolute Gasteiger partial charge is 0.478 e. The van der Waals surface area contributed by atoms with Gasteiger partial charge >= 0.3 is 11.9 Å². The second-order valence-electron chi connectivity index (χ2n) is 9.22. The molecule has 1 unspecified atom stereocenters. The number of carbonyl (C=O) groups excluding carboxylic acids is 1. The number of benzene rings is 2. The molecule has 2 aromatic carbocycles. The molecule has 0 aliphatic carbocycles. The summed E-state index contributed by atoms with van der Waals surface area (Å²) in [5.41, 5.74) is 4.98. The van der Waals surface area contributed by atoms with Crippen molar-refractivity contribution in [1.82, 2.24) is 19.9 Å². The molecule has 8 nitrogen and oxygen atoms in total. The SMILES string of the molecule is CCOC(=O)C1=C(c2ccc(-n3c(C)nc4ncccc43)cc2)NC(C)=C(C(=O)O)C1/C=C/c1ccccc1Cl. The second kappa shape index (κ2) is 11.2. The first-order chi connectivity index (χ1) is 19.3. The first-order valence-electron chi connectivity index (χ1n) is 12.8. The van der Waals surface area contributed by atoms with Crippen molar-refractivity contribution in [2.24, 2.45) is 5.92 Å². The van der Waals surface area contributed by atoms with Crippen molar-refractivity contribution in [3.63, 3.8) is 0 Å². The Labute approximate surface area is 236 Å². The van der Waals surface area contributed by atoms with Crippen molar-refractivity contribution in [3.05, 3.63) is 112 Å². The summed E-state index contributed by atoms with van der Waals surface area (Å²) in [5, 5.41) is 13.8. The van der Waals surface area contributed by atoms with Crippen LogP contribution in [0.3, 0.4) is 0 Å². The van der Waals surface area contributed by atoms with E-state index in [0.29, 0.717) is 33.2 Å². The number of fused-ring (bicyclic) bond motifs is 1. The smallest absolute Gasteiger partial charge is 0.337 e. The number of ether oxygens (including phenoxy) is 1. The van der Waals surface area contributed by atoms with Gasteiger partial charge in [0.05, 0.1) is 29.0 Å². The van der Waals surface area contributed by atoms with Crippen molar-refractivity contribution in [3.8, 4) is 5.69 Å². The standard InChI is InChI=1S/C31H27ClN4O4/c1-4-40-31(39)27-23(16-13-20-8-5-6-9-24(20)32)26(30(37)38)18(2)34-28(27)21-11-14-22(15-12-21)36-19(3)35-29-25(36)10-7-17-33-29/h5-17,23,34H,4H2,1-3H3,(H,37,38)/b16-13+. The lowest BCUT2D eigenvalue weighted by atomic mass is 9.83. The fourth-order valence-electron chi connectivity index (χ4n) is 4.95. The molecule has 4 aromatic rings. The molecule has 40 heavy (non-hydrogen) atoms. The Balaban J connectivity index is 1.63. The number of aryl methyl sites for hydroxylation is 1. The Kier molecular flexibility index (Phi) is 7.53. The number of carboxylic acids is 1. The molecule has 0 bridgehead atoms. The molecular formula is C31H27ClN4O4. The highest BCUT2D eigenvalue weighted by atomic mass is 35.5. The number of aliphatic carboxylic acids is 1. The Morgan fingerprint density at radius 3 is 2.52 bits per heavy atom. The monoisotopic (exact) mass is 554 g/mol. The Morgan fingerprint density at radius 1 is 1.07 bits per heavy atom. The number of dihydropyridines is 1. The van der Waals surface area contributed by atoms with Crippen molar-refractivity contribution >= 4 is 46.5 Å². The van der Waals surface area contributed by atoms with E-state index >= 15 is 0 Å². The lowest BCUT2D eigenvalue weighted by Gasteiger charge is -2.29. The molecule has 2 aromatic heterocycles. The van der Waals surface area contributed by atoms with Crippen molar-refractivity contribution < 1.29 is 19.4 Å². The van der Waals surface area contributed by atoms with Gasteiger partial charge in [0.15, 0.2) is 5.65 Å². The van der Waals surface area contributed by atoms with E-state index in [1.165, 1.54) is 0 Å². The van der Waals surface area contributed by atoms with Crippen LogP contribution in [0.25, 0.3) is 28.6 Å². The molecule has 202 valence electrons. The molecule has 0 saturated heterocycles. The molecule has 9 heteroatoms. The number of aromatic nitrogens is 3. The number of halogens is 1. The summed E-state index contributed by atoms with van der Waals surface area (Å²) in [6, 6.07) is 18.7. The number of carboxylic acid groups (broad SMARTS) is 1. The van der Waals surface area contributed by atoms with E-state index in [2.05, 4.69) is 15.3 Å². The number of hydrogen-bond acceptors (Lipinski definition) is 6. The first-order valence-corrected chi connectivity index (χ1v) is 13.1. The van der Waals surface area contributed by atoms with Gasteiger partial charge in [0.2, 0.25) is 0 Å². The minimum atomic E-state index is -1.13. The van der Waals surface area contributed by atoms with E-state index in [0.717, 1.165) is 17.0 Å². The van der Waals surface area contributed by atoms with Gasteiger partial charge in [-0.3, -0.25) is 4.57 Å². The van der Waals surface area contributed by atoms with Gasteiger partial charge in [-0.25, -0.2) is 19.6 Å². The van der Waals surface area contributed by atoms with Gasteiger partial charge in [-0.1, -0.05) is 54.1 Å². The minimum Gasteiger partial charge on any atom is -0.478 e. The topological polar surface area (TPSA) is 106 Å². The molecule has 0 amide bonds. The van der Waals surface area contributed by atoms with E-state index < -0.39 is 17.9 Å². The number of nitrogens with one attached hydrogen (secondary N) is 1. The number of nitrogens with zero attached hydrogens (tertiary/aromatic N) is 3. The predicted octanol–water partition coefficient (Wildman–Crippen LogP) is 5.95. The summed E-state index contributed by atoms with van der Waals surface area (Å²) in [5.74, 6) is -1.82. The Bertz CT molecular complexity index is 1720. The lowest BCUT2D eigenvalue weighted by molar-refractivity contribution is -0.138. The number of imidazole rings is 1. The predicted molar refractivity (Wildman–Crippen MR) is 155 cm³/mol. The van der Waals surface area contributed by atoms with Crippen LogP contribution in [0.5, 0.6) is 0 Å². The highest BCUT2D eigenvalue weighted by Crippen LogP contribution is 2.37. The molecule has 0 spiro atoms. The average molecular weight is 555 g/mol. The Hall–Kier alpha value is -4.69. The number of carbonyl (C=O) groups is 2. The minimum absolute atomic E-state index is 0.0553. The fraction of sp³-hybridized carbons (Fsp3) is 0.161. The molecule has 1 atom stereocenters. The maximum absolute atomic E-state index is 13.4.